The summed E-state index contributed by atoms with van der Waals surface area (Å²) in [5.41, 5.74) is 2.13. The van der Waals surface area contributed by atoms with Crippen LogP contribution in [0.4, 0.5) is 11.6 Å². The molecule has 9 nitrogen and oxygen atoms in total. The second kappa shape index (κ2) is 8.54. The average Bonchev–Trinajstić information content (AvgIpc) is 3.58. The van der Waals surface area contributed by atoms with Crippen LogP contribution in [0, 0.1) is 0 Å². The van der Waals surface area contributed by atoms with Crippen molar-refractivity contribution >= 4 is 17.3 Å². The minimum atomic E-state index is 0.123. The van der Waals surface area contributed by atoms with Gasteiger partial charge in [-0.1, -0.05) is 6.07 Å². The molecule has 9 heteroatoms. The molecule has 2 aliphatic carbocycles. The molecule has 3 aliphatic rings. The van der Waals surface area contributed by atoms with Crippen LogP contribution in [0.5, 0.6) is 6.01 Å². The van der Waals surface area contributed by atoms with E-state index in [4.69, 9.17) is 14.5 Å². The Morgan fingerprint density at radius 3 is 2.59 bits per heavy atom. The Labute approximate surface area is 187 Å². The Hall–Kier alpha value is -2.94. The van der Waals surface area contributed by atoms with E-state index in [1.165, 1.54) is 18.4 Å². The van der Waals surface area contributed by atoms with Crippen LogP contribution in [0.25, 0.3) is 5.65 Å². The zero-order valence-electron chi connectivity index (χ0n) is 18.2. The van der Waals surface area contributed by atoms with Gasteiger partial charge in [-0.05, 0) is 56.1 Å². The third-order valence-corrected chi connectivity index (χ3v) is 6.69. The second-order valence-electron chi connectivity index (χ2n) is 9.01. The Morgan fingerprint density at radius 2 is 1.84 bits per heavy atom. The Morgan fingerprint density at radius 1 is 1.00 bits per heavy atom. The largest absolute Gasteiger partial charge is 0.460 e. The van der Waals surface area contributed by atoms with Crippen molar-refractivity contribution in [3.8, 4) is 6.01 Å². The average molecular weight is 436 g/mol. The highest BCUT2D eigenvalue weighted by molar-refractivity contribution is 5.52. The van der Waals surface area contributed by atoms with E-state index in [1.807, 2.05) is 12.3 Å². The number of nitrogens with one attached hydrogen (secondary N) is 1. The fourth-order valence-corrected chi connectivity index (χ4v) is 4.65. The van der Waals surface area contributed by atoms with Gasteiger partial charge in [-0.3, -0.25) is 0 Å². The molecule has 32 heavy (non-hydrogen) atoms. The first-order valence-electron chi connectivity index (χ1n) is 11.7. The predicted molar refractivity (Wildman–Crippen MR) is 120 cm³/mol. The van der Waals surface area contributed by atoms with Gasteiger partial charge in [-0.15, -0.1) is 0 Å². The number of morpholine rings is 1. The van der Waals surface area contributed by atoms with Crippen LogP contribution >= 0.6 is 0 Å². The molecule has 1 aliphatic heterocycles. The van der Waals surface area contributed by atoms with Crippen molar-refractivity contribution < 1.29 is 9.47 Å². The molecular weight excluding hydrogens is 406 g/mol. The van der Waals surface area contributed by atoms with E-state index in [9.17, 15) is 0 Å². The third kappa shape index (κ3) is 4.21. The van der Waals surface area contributed by atoms with Gasteiger partial charge in [0.25, 0.3) is 0 Å². The summed E-state index contributed by atoms with van der Waals surface area (Å²) >= 11 is 0. The molecule has 0 amide bonds. The lowest BCUT2D eigenvalue weighted by atomic mass is 9.93. The van der Waals surface area contributed by atoms with Crippen LogP contribution in [0.3, 0.4) is 0 Å². The Balaban J connectivity index is 1.09. The zero-order chi connectivity index (χ0) is 21.3. The Kier molecular flexibility index (Phi) is 5.26. The number of ether oxygens (including phenoxy) is 2. The van der Waals surface area contributed by atoms with Gasteiger partial charge in [-0.25, -0.2) is 9.97 Å². The minimum Gasteiger partial charge on any atom is -0.460 e. The fraction of sp³-hybridized carbons (Fsp3) is 0.565. The number of anilines is 2. The summed E-state index contributed by atoms with van der Waals surface area (Å²) in [5, 5.41) is 7.92. The van der Waals surface area contributed by atoms with Gasteiger partial charge in [0, 0.05) is 31.4 Å². The molecule has 3 fully saturated rings. The monoisotopic (exact) mass is 435 g/mol. The minimum absolute atomic E-state index is 0.123. The lowest BCUT2D eigenvalue weighted by Gasteiger charge is -2.30. The summed E-state index contributed by atoms with van der Waals surface area (Å²) in [6, 6.07) is 7.26. The summed E-state index contributed by atoms with van der Waals surface area (Å²) in [5.74, 6) is 2.60. The van der Waals surface area contributed by atoms with Crippen molar-refractivity contribution in [2.24, 2.45) is 0 Å². The van der Waals surface area contributed by atoms with Gasteiger partial charge in [-0.2, -0.15) is 14.6 Å². The number of rotatable bonds is 6. The van der Waals surface area contributed by atoms with E-state index >= 15 is 0 Å². The summed E-state index contributed by atoms with van der Waals surface area (Å²) in [6.07, 6.45) is 10.3. The molecule has 2 saturated carbocycles. The number of fused-ring (bicyclic) bond motifs is 1. The highest BCUT2D eigenvalue weighted by Gasteiger charge is 2.26. The van der Waals surface area contributed by atoms with Crippen LogP contribution in [0.15, 0.2) is 30.7 Å². The molecule has 0 atom stereocenters. The van der Waals surface area contributed by atoms with Crippen molar-refractivity contribution in [1.29, 1.82) is 0 Å². The van der Waals surface area contributed by atoms with Gasteiger partial charge in [0.2, 0.25) is 0 Å². The topological polar surface area (TPSA) is 89.7 Å². The quantitative estimate of drug-likeness (QED) is 0.632. The summed E-state index contributed by atoms with van der Waals surface area (Å²) in [4.78, 5) is 16.0. The van der Waals surface area contributed by atoms with E-state index in [-0.39, 0.29) is 6.10 Å². The molecule has 1 N–H and O–H groups in total. The van der Waals surface area contributed by atoms with Crippen molar-refractivity contribution in [3.63, 3.8) is 0 Å². The molecule has 1 saturated heterocycles. The van der Waals surface area contributed by atoms with Crippen LogP contribution in [-0.4, -0.2) is 63.0 Å². The molecule has 4 heterocycles. The number of hydrogen-bond acceptors (Lipinski definition) is 8. The van der Waals surface area contributed by atoms with E-state index < -0.39 is 0 Å². The third-order valence-electron chi connectivity index (χ3n) is 6.69. The second-order valence-corrected chi connectivity index (χ2v) is 9.01. The van der Waals surface area contributed by atoms with Crippen molar-refractivity contribution in [3.05, 3.63) is 36.3 Å². The van der Waals surface area contributed by atoms with Crippen LogP contribution < -0.4 is 15.0 Å². The maximum absolute atomic E-state index is 6.35. The van der Waals surface area contributed by atoms with Gasteiger partial charge >= 0.3 is 6.01 Å². The van der Waals surface area contributed by atoms with Gasteiger partial charge < -0.3 is 19.7 Å². The van der Waals surface area contributed by atoms with Crippen molar-refractivity contribution in [2.45, 2.75) is 56.6 Å². The van der Waals surface area contributed by atoms with Crippen molar-refractivity contribution in [2.75, 3.05) is 36.5 Å². The lowest BCUT2D eigenvalue weighted by molar-refractivity contribution is 0.121. The van der Waals surface area contributed by atoms with Crippen molar-refractivity contribution in [1.82, 2.24) is 24.6 Å². The fourth-order valence-electron chi connectivity index (χ4n) is 4.65. The first-order chi connectivity index (χ1) is 15.8. The molecule has 0 radical (unpaired) electrons. The number of nitrogens with zero attached hydrogens (tertiary/aromatic N) is 6. The molecule has 6 rings (SSSR count). The molecule has 3 aromatic rings. The number of hydrogen-bond donors (Lipinski definition) is 1. The highest BCUT2D eigenvalue weighted by atomic mass is 16.5. The van der Waals surface area contributed by atoms with Gasteiger partial charge in [0.15, 0.2) is 5.65 Å². The standard InChI is InChI=1S/C23H29N7O2/c1-2-16(1)17-3-8-20(24-14-17)27-18-4-6-19(7-5-18)32-23-28-22(29-9-11-31-12-10-29)13-21-25-15-26-30(21)23/h3,8,13-16,18-19H,1-2,4-7,9-12H2,(H,24,27). The predicted octanol–water partition coefficient (Wildman–Crippen LogP) is 3.04. The summed E-state index contributed by atoms with van der Waals surface area (Å²) < 4.78 is 13.5. The van der Waals surface area contributed by atoms with E-state index in [2.05, 4.69) is 37.4 Å². The number of pyridine rings is 1. The first-order valence-corrected chi connectivity index (χ1v) is 11.7. The zero-order valence-corrected chi connectivity index (χ0v) is 18.2. The molecule has 3 aromatic heterocycles. The van der Waals surface area contributed by atoms with Crippen LogP contribution in [-0.2, 0) is 4.74 Å². The maximum atomic E-state index is 6.35. The maximum Gasteiger partial charge on any atom is 0.321 e. The molecular formula is C23H29N7O2. The van der Waals surface area contributed by atoms with E-state index in [0.29, 0.717) is 25.3 Å². The smallest absolute Gasteiger partial charge is 0.321 e. The molecule has 0 unspecified atom stereocenters. The highest BCUT2D eigenvalue weighted by Crippen LogP contribution is 2.39. The van der Waals surface area contributed by atoms with E-state index in [1.54, 1.807) is 10.8 Å². The molecule has 168 valence electrons. The van der Waals surface area contributed by atoms with Gasteiger partial charge in [0.1, 0.15) is 24.1 Å². The molecule has 0 aromatic carbocycles. The normalized spacial score (nSPS) is 23.9. The SMILES string of the molecule is c1nc2cc(N3CCOCC3)nc(OC3CCC(Nc4ccc(C5CC5)cn4)CC3)n2n1. The van der Waals surface area contributed by atoms with Crippen LogP contribution in [0.2, 0.25) is 0 Å². The lowest BCUT2D eigenvalue weighted by Crippen LogP contribution is -2.37. The van der Waals surface area contributed by atoms with E-state index in [0.717, 1.165) is 62.0 Å². The molecule has 0 spiro atoms. The number of aromatic nitrogens is 5. The Bertz CT molecular complexity index is 1050. The van der Waals surface area contributed by atoms with Crippen LogP contribution in [0.1, 0.15) is 50.0 Å². The van der Waals surface area contributed by atoms with Gasteiger partial charge in [0.05, 0.1) is 13.2 Å². The first kappa shape index (κ1) is 19.7. The molecule has 0 bridgehead atoms. The summed E-state index contributed by atoms with van der Waals surface area (Å²) in [6.45, 7) is 3.07. The summed E-state index contributed by atoms with van der Waals surface area (Å²) in [7, 11) is 0.